The van der Waals surface area contributed by atoms with E-state index in [1.165, 1.54) is 16.9 Å². The standard InChI is InChI=1S/C28H33N5O2S/c1-28(2)9-8-21(24(17-28)25-16-22(19-36-25)31-27-29-10-3-11-30-27)18-32-12-14-33(15-13-32)23-6-4-20(5-7-23)26(34)35/h3-7,10-11,16,19H,8-9,12-15,17-18H2,1-2H3,(H,34,35)(H,29,30,31). The van der Waals surface area contributed by atoms with Gasteiger partial charge in [-0.1, -0.05) is 19.4 Å². The van der Waals surface area contributed by atoms with Crippen LogP contribution in [0.3, 0.4) is 0 Å². The number of allylic oxidation sites excluding steroid dienone is 1. The fourth-order valence-electron chi connectivity index (χ4n) is 5.07. The van der Waals surface area contributed by atoms with Crippen LogP contribution in [0.4, 0.5) is 17.3 Å². The van der Waals surface area contributed by atoms with Gasteiger partial charge in [0.05, 0.1) is 11.3 Å². The summed E-state index contributed by atoms with van der Waals surface area (Å²) in [5, 5.41) is 14.6. The smallest absolute Gasteiger partial charge is 0.335 e. The monoisotopic (exact) mass is 503 g/mol. The zero-order valence-electron chi connectivity index (χ0n) is 20.9. The first-order valence-electron chi connectivity index (χ1n) is 12.5. The molecule has 3 heterocycles. The Morgan fingerprint density at radius 1 is 1.11 bits per heavy atom. The van der Waals surface area contributed by atoms with Gasteiger partial charge in [-0.2, -0.15) is 0 Å². The van der Waals surface area contributed by atoms with Gasteiger partial charge in [-0.25, -0.2) is 14.8 Å². The molecule has 1 aliphatic carbocycles. The van der Waals surface area contributed by atoms with Gasteiger partial charge in [-0.05, 0) is 66.6 Å². The fourth-order valence-corrected chi connectivity index (χ4v) is 6.00. The molecule has 0 spiro atoms. The summed E-state index contributed by atoms with van der Waals surface area (Å²) < 4.78 is 0. The van der Waals surface area contributed by atoms with E-state index >= 15 is 0 Å². The average molecular weight is 504 g/mol. The summed E-state index contributed by atoms with van der Waals surface area (Å²) in [6.07, 6.45) is 6.95. The van der Waals surface area contributed by atoms with Crippen molar-refractivity contribution in [3.63, 3.8) is 0 Å². The summed E-state index contributed by atoms with van der Waals surface area (Å²) in [6, 6.07) is 11.3. The van der Waals surface area contributed by atoms with E-state index in [4.69, 9.17) is 5.11 Å². The van der Waals surface area contributed by atoms with Gasteiger partial charge in [0.2, 0.25) is 5.95 Å². The van der Waals surface area contributed by atoms with Crippen LogP contribution in [0.15, 0.2) is 59.7 Å². The lowest BCUT2D eigenvalue weighted by Gasteiger charge is -2.39. The maximum absolute atomic E-state index is 11.1. The second kappa shape index (κ2) is 10.4. The Morgan fingerprint density at radius 3 is 2.53 bits per heavy atom. The Hall–Kier alpha value is -3.23. The largest absolute Gasteiger partial charge is 0.478 e. The quantitative estimate of drug-likeness (QED) is 0.424. The fraction of sp³-hybridized carbons (Fsp3) is 0.393. The number of hydrogen-bond donors (Lipinski definition) is 2. The molecule has 0 saturated carbocycles. The molecule has 0 atom stereocenters. The zero-order chi connectivity index (χ0) is 25.1. The Kier molecular flexibility index (Phi) is 7.07. The van der Waals surface area contributed by atoms with Crippen LogP contribution in [-0.2, 0) is 0 Å². The van der Waals surface area contributed by atoms with E-state index in [1.54, 1.807) is 41.4 Å². The molecular formula is C28H33N5O2S. The predicted octanol–water partition coefficient (Wildman–Crippen LogP) is 5.77. The number of aromatic carboxylic acids is 1. The van der Waals surface area contributed by atoms with E-state index in [0.717, 1.165) is 56.9 Å². The Bertz CT molecular complexity index is 1230. The number of hydrogen-bond acceptors (Lipinski definition) is 7. The highest BCUT2D eigenvalue weighted by Crippen LogP contribution is 2.45. The van der Waals surface area contributed by atoms with E-state index in [9.17, 15) is 4.79 Å². The molecule has 2 aliphatic rings. The summed E-state index contributed by atoms with van der Waals surface area (Å²) in [6.45, 7) is 9.67. The van der Waals surface area contributed by atoms with E-state index in [2.05, 4.69) is 50.4 Å². The number of nitrogens with one attached hydrogen (secondary N) is 1. The first kappa shape index (κ1) is 24.5. The van der Waals surface area contributed by atoms with Crippen molar-refractivity contribution in [1.82, 2.24) is 14.9 Å². The number of aromatic nitrogens is 2. The molecule has 1 aromatic carbocycles. The van der Waals surface area contributed by atoms with Crippen molar-refractivity contribution < 1.29 is 9.90 Å². The molecule has 1 fully saturated rings. The number of nitrogens with zero attached hydrogens (tertiary/aromatic N) is 4. The third-order valence-electron chi connectivity index (χ3n) is 7.17. The number of carbonyl (C=O) groups is 1. The van der Waals surface area contributed by atoms with Crippen molar-refractivity contribution >= 4 is 40.2 Å². The molecule has 2 N–H and O–H groups in total. The van der Waals surface area contributed by atoms with Crippen LogP contribution in [0.2, 0.25) is 0 Å². The van der Waals surface area contributed by atoms with Crippen molar-refractivity contribution in [1.29, 1.82) is 0 Å². The van der Waals surface area contributed by atoms with Crippen LogP contribution in [0.5, 0.6) is 0 Å². The first-order valence-corrected chi connectivity index (χ1v) is 13.4. The maximum atomic E-state index is 11.1. The van der Waals surface area contributed by atoms with Crippen molar-refractivity contribution in [2.45, 2.75) is 33.1 Å². The molecule has 0 amide bonds. The zero-order valence-corrected chi connectivity index (χ0v) is 21.7. The van der Waals surface area contributed by atoms with Gasteiger partial charge >= 0.3 is 5.97 Å². The van der Waals surface area contributed by atoms with Crippen LogP contribution in [0.1, 0.15) is 48.3 Å². The highest BCUT2D eigenvalue weighted by molar-refractivity contribution is 7.11. The summed E-state index contributed by atoms with van der Waals surface area (Å²) in [7, 11) is 0. The number of rotatable bonds is 7. The second-order valence-corrected chi connectivity index (χ2v) is 11.3. The second-order valence-electron chi connectivity index (χ2n) is 10.4. The third-order valence-corrected chi connectivity index (χ3v) is 8.16. The van der Waals surface area contributed by atoms with Gasteiger partial charge in [0.15, 0.2) is 0 Å². The number of thiophene rings is 1. The molecule has 1 aliphatic heterocycles. The Morgan fingerprint density at radius 2 is 1.83 bits per heavy atom. The van der Waals surface area contributed by atoms with Crippen molar-refractivity contribution in [2.24, 2.45) is 5.41 Å². The lowest BCUT2D eigenvalue weighted by atomic mass is 9.74. The van der Waals surface area contributed by atoms with E-state index in [0.29, 0.717) is 16.9 Å². The summed E-state index contributed by atoms with van der Waals surface area (Å²) in [5.74, 6) is -0.261. The van der Waals surface area contributed by atoms with Gasteiger partial charge in [0.25, 0.3) is 0 Å². The van der Waals surface area contributed by atoms with Crippen LogP contribution < -0.4 is 10.2 Å². The Labute approximate surface area is 216 Å². The number of anilines is 3. The molecule has 2 aromatic heterocycles. The molecule has 1 saturated heterocycles. The van der Waals surface area contributed by atoms with E-state index in [1.807, 2.05) is 18.2 Å². The van der Waals surface area contributed by atoms with Gasteiger partial charge in [0, 0.05) is 61.1 Å². The Balaban J connectivity index is 1.27. The lowest BCUT2D eigenvalue weighted by molar-refractivity contribution is 0.0697. The predicted molar refractivity (Wildman–Crippen MR) is 146 cm³/mol. The SMILES string of the molecule is CC1(C)CCC(CN2CCN(c3ccc(C(=O)O)cc3)CC2)=C(c2cc(Nc3ncccn3)cs2)C1. The van der Waals surface area contributed by atoms with Crippen molar-refractivity contribution in [3.8, 4) is 0 Å². The summed E-state index contributed by atoms with van der Waals surface area (Å²) in [5.41, 5.74) is 5.85. The normalized spacial score (nSPS) is 18.3. The molecule has 8 heteroatoms. The van der Waals surface area contributed by atoms with Crippen LogP contribution in [-0.4, -0.2) is 58.7 Å². The van der Waals surface area contributed by atoms with Gasteiger partial charge in [-0.15, -0.1) is 11.3 Å². The minimum absolute atomic E-state index is 0.305. The number of benzene rings is 1. The molecule has 3 aromatic rings. The van der Waals surface area contributed by atoms with E-state index < -0.39 is 5.97 Å². The van der Waals surface area contributed by atoms with Crippen LogP contribution in [0, 0.1) is 5.41 Å². The molecule has 0 bridgehead atoms. The molecule has 0 radical (unpaired) electrons. The van der Waals surface area contributed by atoms with Crippen molar-refractivity contribution in [3.05, 3.63) is 70.2 Å². The maximum Gasteiger partial charge on any atom is 0.335 e. The van der Waals surface area contributed by atoms with Gasteiger partial charge in [-0.3, -0.25) is 4.90 Å². The minimum Gasteiger partial charge on any atom is -0.478 e. The van der Waals surface area contributed by atoms with Crippen LogP contribution in [0.25, 0.3) is 5.57 Å². The molecule has 0 unspecified atom stereocenters. The molecule has 5 rings (SSSR count). The molecule has 36 heavy (non-hydrogen) atoms. The number of piperazine rings is 1. The molecule has 188 valence electrons. The van der Waals surface area contributed by atoms with Crippen molar-refractivity contribution in [2.75, 3.05) is 42.9 Å². The van der Waals surface area contributed by atoms with Crippen LogP contribution >= 0.6 is 11.3 Å². The highest BCUT2D eigenvalue weighted by Gasteiger charge is 2.30. The minimum atomic E-state index is -0.881. The molecule has 7 nitrogen and oxygen atoms in total. The summed E-state index contributed by atoms with van der Waals surface area (Å²) in [4.78, 5) is 26.0. The van der Waals surface area contributed by atoms with E-state index in [-0.39, 0.29) is 0 Å². The highest BCUT2D eigenvalue weighted by atomic mass is 32.1. The van der Waals surface area contributed by atoms with Gasteiger partial charge in [0.1, 0.15) is 0 Å². The topological polar surface area (TPSA) is 81.6 Å². The average Bonchev–Trinajstić information content (AvgIpc) is 3.34. The first-order chi connectivity index (χ1) is 17.4. The molecular weight excluding hydrogens is 470 g/mol. The summed E-state index contributed by atoms with van der Waals surface area (Å²) >= 11 is 1.80. The lowest BCUT2D eigenvalue weighted by Crippen LogP contribution is -2.47. The third kappa shape index (κ3) is 5.77. The number of carboxylic acid groups (broad SMARTS) is 1. The number of carboxylic acids is 1. The van der Waals surface area contributed by atoms with Gasteiger partial charge < -0.3 is 15.3 Å².